The van der Waals surface area contributed by atoms with E-state index in [0.717, 1.165) is 33.0 Å². The smallest absolute Gasteiger partial charge is 0.336 e. The van der Waals surface area contributed by atoms with Gasteiger partial charge in [-0.3, -0.25) is 4.79 Å². The summed E-state index contributed by atoms with van der Waals surface area (Å²) in [6, 6.07) is 27.6. The van der Waals surface area contributed by atoms with Crippen molar-refractivity contribution in [2.45, 2.75) is 0 Å². The van der Waals surface area contributed by atoms with E-state index in [1.165, 1.54) is 6.07 Å². The van der Waals surface area contributed by atoms with E-state index in [1.807, 2.05) is 66.7 Å². The van der Waals surface area contributed by atoms with Crippen molar-refractivity contribution in [1.82, 2.24) is 0 Å². The molecule has 0 aliphatic heterocycles. The molecule has 5 rings (SSSR count). The predicted molar refractivity (Wildman–Crippen MR) is 128 cm³/mol. The van der Waals surface area contributed by atoms with Gasteiger partial charge in [0.2, 0.25) is 0 Å². The quantitative estimate of drug-likeness (QED) is 0.246. The second-order valence-electron chi connectivity index (χ2n) is 7.64. The number of ether oxygens (including phenoxy) is 2. The first-order chi connectivity index (χ1) is 16.1. The molecule has 33 heavy (non-hydrogen) atoms. The number of ketones is 1. The summed E-state index contributed by atoms with van der Waals surface area (Å²) in [5, 5.41) is 2.85. The average Bonchev–Trinajstić information content (AvgIpc) is 2.86. The lowest BCUT2D eigenvalue weighted by molar-refractivity contribution is 0.0921. The van der Waals surface area contributed by atoms with E-state index in [1.54, 1.807) is 25.3 Å². The van der Waals surface area contributed by atoms with Crippen LogP contribution in [0.15, 0.2) is 100 Å². The van der Waals surface area contributed by atoms with Crippen LogP contribution in [0.25, 0.3) is 32.9 Å². The van der Waals surface area contributed by atoms with Gasteiger partial charge in [-0.15, -0.1) is 0 Å². The molecule has 5 heteroatoms. The Morgan fingerprint density at radius 2 is 1.58 bits per heavy atom. The van der Waals surface area contributed by atoms with Crippen molar-refractivity contribution in [2.75, 3.05) is 13.7 Å². The van der Waals surface area contributed by atoms with Crippen molar-refractivity contribution in [2.24, 2.45) is 0 Å². The fourth-order valence-electron chi connectivity index (χ4n) is 3.84. The van der Waals surface area contributed by atoms with Gasteiger partial charge in [-0.1, -0.05) is 48.5 Å². The molecule has 0 saturated heterocycles. The lowest BCUT2D eigenvalue weighted by Gasteiger charge is -2.10. The van der Waals surface area contributed by atoms with Crippen molar-refractivity contribution in [3.05, 3.63) is 107 Å². The first kappa shape index (κ1) is 20.5. The van der Waals surface area contributed by atoms with Gasteiger partial charge < -0.3 is 13.9 Å². The standard InChI is InChI=1S/C28H20O5/c1-31-22-10-8-19(9-11-22)25-16-28(30)33-27-15-23(12-13-24(25)27)32-17-26(29)21-7-6-18-4-2-3-5-20(18)14-21/h2-16H,17H2,1H3. The fraction of sp³-hybridized carbons (Fsp3) is 0.0714. The first-order valence-electron chi connectivity index (χ1n) is 10.5. The number of methoxy groups -OCH3 is 1. The summed E-state index contributed by atoms with van der Waals surface area (Å²) in [6.07, 6.45) is 0. The largest absolute Gasteiger partial charge is 0.497 e. The summed E-state index contributed by atoms with van der Waals surface area (Å²) >= 11 is 0. The zero-order chi connectivity index (χ0) is 22.8. The molecule has 5 aromatic rings. The monoisotopic (exact) mass is 436 g/mol. The summed E-state index contributed by atoms with van der Waals surface area (Å²) in [5.41, 5.74) is 2.14. The second kappa shape index (κ2) is 8.63. The highest BCUT2D eigenvalue weighted by Gasteiger charge is 2.12. The molecule has 0 bridgehead atoms. The number of Topliss-reactive ketones (excluding diaryl/α,β-unsaturated/α-hetero) is 1. The third-order valence-corrected chi connectivity index (χ3v) is 5.56. The molecule has 0 saturated carbocycles. The maximum Gasteiger partial charge on any atom is 0.336 e. The van der Waals surface area contributed by atoms with Crippen LogP contribution in [0, 0.1) is 0 Å². The van der Waals surface area contributed by atoms with Crippen molar-refractivity contribution >= 4 is 27.5 Å². The Labute approximate surface area is 189 Å². The maximum absolute atomic E-state index is 12.7. The summed E-state index contributed by atoms with van der Waals surface area (Å²) in [7, 11) is 1.60. The lowest BCUT2D eigenvalue weighted by atomic mass is 10.0. The topological polar surface area (TPSA) is 65.7 Å². The van der Waals surface area contributed by atoms with Gasteiger partial charge in [-0.05, 0) is 52.2 Å². The van der Waals surface area contributed by atoms with Crippen LogP contribution in [0.4, 0.5) is 0 Å². The number of hydrogen-bond acceptors (Lipinski definition) is 5. The van der Waals surface area contributed by atoms with Gasteiger partial charge in [-0.2, -0.15) is 0 Å². The maximum atomic E-state index is 12.7. The highest BCUT2D eigenvalue weighted by atomic mass is 16.5. The van der Waals surface area contributed by atoms with Gasteiger partial charge in [0, 0.05) is 23.1 Å². The van der Waals surface area contributed by atoms with E-state index in [0.29, 0.717) is 16.9 Å². The van der Waals surface area contributed by atoms with Gasteiger partial charge >= 0.3 is 5.63 Å². The van der Waals surface area contributed by atoms with Crippen LogP contribution in [-0.2, 0) is 0 Å². The highest BCUT2D eigenvalue weighted by molar-refractivity contribution is 6.01. The second-order valence-corrected chi connectivity index (χ2v) is 7.64. The summed E-state index contributed by atoms with van der Waals surface area (Å²) in [6.45, 7) is -0.119. The number of fused-ring (bicyclic) bond motifs is 2. The lowest BCUT2D eigenvalue weighted by Crippen LogP contribution is -2.11. The molecule has 5 nitrogen and oxygen atoms in total. The number of carbonyl (C=O) groups excluding carboxylic acids is 1. The Hall–Kier alpha value is -4.38. The normalized spacial score (nSPS) is 10.9. The Morgan fingerprint density at radius 1 is 0.818 bits per heavy atom. The number of rotatable bonds is 6. The molecule has 0 aliphatic rings. The van der Waals surface area contributed by atoms with Crippen LogP contribution in [0.3, 0.4) is 0 Å². The zero-order valence-corrected chi connectivity index (χ0v) is 17.9. The minimum absolute atomic E-state index is 0.119. The molecule has 0 fully saturated rings. The van der Waals surface area contributed by atoms with E-state index < -0.39 is 5.63 Å². The summed E-state index contributed by atoms with van der Waals surface area (Å²) in [4.78, 5) is 24.8. The summed E-state index contributed by atoms with van der Waals surface area (Å²) < 4.78 is 16.3. The van der Waals surface area contributed by atoms with Crippen molar-refractivity contribution in [3.63, 3.8) is 0 Å². The molecule has 0 unspecified atom stereocenters. The number of benzene rings is 4. The minimum Gasteiger partial charge on any atom is -0.497 e. The average molecular weight is 436 g/mol. The van der Waals surface area contributed by atoms with E-state index in [9.17, 15) is 9.59 Å². The van der Waals surface area contributed by atoms with E-state index >= 15 is 0 Å². The fourth-order valence-corrected chi connectivity index (χ4v) is 3.84. The molecular formula is C28H20O5. The van der Waals surface area contributed by atoms with Gasteiger partial charge in [-0.25, -0.2) is 4.79 Å². The van der Waals surface area contributed by atoms with Crippen LogP contribution >= 0.6 is 0 Å². The Morgan fingerprint density at radius 3 is 2.36 bits per heavy atom. The molecule has 0 amide bonds. The molecule has 0 radical (unpaired) electrons. The SMILES string of the molecule is COc1ccc(-c2cc(=O)oc3cc(OCC(=O)c4ccc5ccccc5c4)ccc23)cc1. The van der Waals surface area contributed by atoms with Gasteiger partial charge in [0.1, 0.15) is 17.1 Å². The van der Waals surface area contributed by atoms with E-state index in [4.69, 9.17) is 13.9 Å². The van der Waals surface area contributed by atoms with Crippen molar-refractivity contribution < 1.29 is 18.7 Å². The van der Waals surface area contributed by atoms with Crippen LogP contribution in [0.1, 0.15) is 10.4 Å². The molecule has 0 aliphatic carbocycles. The predicted octanol–water partition coefficient (Wildman–Crippen LogP) is 5.88. The number of hydrogen-bond donors (Lipinski definition) is 0. The van der Waals surface area contributed by atoms with Gasteiger partial charge in [0.25, 0.3) is 0 Å². The molecule has 1 heterocycles. The van der Waals surface area contributed by atoms with Crippen LogP contribution < -0.4 is 15.1 Å². The van der Waals surface area contributed by atoms with E-state index in [-0.39, 0.29) is 12.4 Å². The molecule has 0 spiro atoms. The molecule has 1 aromatic heterocycles. The molecule has 162 valence electrons. The third kappa shape index (κ3) is 4.21. The minimum atomic E-state index is -0.460. The van der Waals surface area contributed by atoms with Crippen molar-refractivity contribution in [1.29, 1.82) is 0 Å². The van der Waals surface area contributed by atoms with Crippen molar-refractivity contribution in [3.8, 4) is 22.6 Å². The Balaban J connectivity index is 1.39. The number of carbonyl (C=O) groups is 1. The van der Waals surface area contributed by atoms with Crippen LogP contribution in [0.2, 0.25) is 0 Å². The highest BCUT2D eigenvalue weighted by Crippen LogP contribution is 2.30. The zero-order valence-electron chi connectivity index (χ0n) is 17.9. The molecule has 0 N–H and O–H groups in total. The molecule has 4 aromatic carbocycles. The van der Waals surface area contributed by atoms with Gasteiger partial charge in [0.15, 0.2) is 12.4 Å². The van der Waals surface area contributed by atoms with E-state index in [2.05, 4.69) is 0 Å². The Bertz CT molecular complexity index is 1530. The first-order valence-corrected chi connectivity index (χ1v) is 10.5. The van der Waals surface area contributed by atoms with Crippen LogP contribution in [-0.4, -0.2) is 19.5 Å². The third-order valence-electron chi connectivity index (χ3n) is 5.56. The van der Waals surface area contributed by atoms with Crippen LogP contribution in [0.5, 0.6) is 11.5 Å². The molecule has 0 atom stereocenters. The summed E-state index contributed by atoms with van der Waals surface area (Å²) in [5.74, 6) is 1.05. The molecular weight excluding hydrogens is 416 g/mol. The Kier molecular flexibility index (Phi) is 5.37. The van der Waals surface area contributed by atoms with Gasteiger partial charge in [0.05, 0.1) is 7.11 Å².